The second-order valence-electron chi connectivity index (χ2n) is 14.0. The van der Waals surface area contributed by atoms with Crippen LogP contribution in [-0.4, -0.2) is 74.5 Å². The minimum Gasteiger partial charge on any atom is -0.346 e. The molecule has 276 valence electrons. The molecule has 0 bridgehead atoms. The molecule has 3 rings (SSSR count). The molecular weight excluding hydrogens is 657 g/mol. The van der Waals surface area contributed by atoms with Crippen LogP contribution in [0, 0.1) is 17.8 Å². The van der Waals surface area contributed by atoms with E-state index in [0.29, 0.717) is 71.0 Å². The van der Waals surface area contributed by atoms with E-state index in [9.17, 15) is 27.6 Å². The van der Waals surface area contributed by atoms with E-state index < -0.39 is 40.0 Å². The summed E-state index contributed by atoms with van der Waals surface area (Å²) in [5, 5.41) is 8.11. The van der Waals surface area contributed by atoms with Gasteiger partial charge in [0.2, 0.25) is 11.8 Å². The molecule has 0 spiro atoms. The number of carbonyl (C=O) groups is 4. The van der Waals surface area contributed by atoms with Crippen molar-refractivity contribution in [3.05, 3.63) is 71.8 Å². The molecule has 1 heterocycles. The van der Waals surface area contributed by atoms with E-state index in [1.807, 2.05) is 74.5 Å². The molecule has 0 saturated carbocycles. The lowest BCUT2D eigenvalue weighted by molar-refractivity contribution is -0.140. The molecule has 0 unspecified atom stereocenters. The molecule has 2 amide bonds. The molecule has 1 saturated heterocycles. The van der Waals surface area contributed by atoms with E-state index in [-0.39, 0.29) is 42.3 Å². The van der Waals surface area contributed by atoms with Crippen LogP contribution in [0.4, 0.5) is 0 Å². The Kier molecular flexibility index (Phi) is 16.7. The number of hydrogen-bond acceptors (Lipinski definition) is 8. The highest BCUT2D eigenvalue weighted by atomic mass is 32.2. The molecule has 50 heavy (non-hydrogen) atoms. The van der Waals surface area contributed by atoms with Gasteiger partial charge in [-0.3, -0.25) is 19.2 Å². The number of unbranched alkanes of at least 4 members (excludes halogenated alkanes) is 1. The summed E-state index contributed by atoms with van der Waals surface area (Å²) < 4.78 is 25.4. The number of nitrogens with two attached hydrogens (primary N) is 3. The summed E-state index contributed by atoms with van der Waals surface area (Å²) in [6.07, 6.45) is 3.55. The Morgan fingerprint density at radius 1 is 0.840 bits per heavy atom. The van der Waals surface area contributed by atoms with Crippen LogP contribution in [0.25, 0.3) is 0 Å². The number of amides is 2. The summed E-state index contributed by atoms with van der Waals surface area (Å²) in [5.74, 6) is -2.33. The molecule has 2 aromatic carbocycles. The first kappa shape index (κ1) is 40.9. The predicted octanol–water partition coefficient (Wildman–Crippen LogP) is 2.39. The lowest BCUT2D eigenvalue weighted by Gasteiger charge is -2.34. The molecule has 1 aliphatic heterocycles. The number of likely N-dealkylation sites (tertiary alicyclic amines) is 1. The van der Waals surface area contributed by atoms with Gasteiger partial charge in [0.15, 0.2) is 11.6 Å². The summed E-state index contributed by atoms with van der Waals surface area (Å²) in [5.41, 5.74) is 13.9. The SMILES string of the molecule is CC(C)C[C@@H](NC(=O)[C@H](CC(=O)[C@H](N)Cc1ccccc1)Cc1ccccc1)C(=O)C[C@H](CCCCN)C(=O)N1CCC(NS(N)(=O)=O)CC1. The molecule has 13 heteroatoms. The molecule has 0 aliphatic carbocycles. The lowest BCUT2D eigenvalue weighted by atomic mass is 9.87. The van der Waals surface area contributed by atoms with Crippen LogP contribution < -0.4 is 26.6 Å². The standard InChI is InChI=1S/C37H56N6O6S/c1-26(2)21-33(35(45)24-29(15-9-10-18-38)37(47)43-19-16-31(17-20-43)42-50(40,48)49)41-36(46)30(22-27-11-5-3-6-12-27)25-34(44)32(39)23-28-13-7-4-8-14-28/h3-8,11-14,26,29-33,42H,9-10,15-25,38-39H2,1-2H3,(H,41,46)(H2,40,48,49)/t29-,30-,32+,33+/m0/s1. The number of ketones is 2. The fraction of sp³-hybridized carbons (Fsp3) is 0.568. The average molecular weight is 713 g/mol. The summed E-state index contributed by atoms with van der Waals surface area (Å²) in [6, 6.07) is 16.9. The third-order valence-electron chi connectivity index (χ3n) is 9.21. The highest BCUT2D eigenvalue weighted by Crippen LogP contribution is 2.23. The van der Waals surface area contributed by atoms with E-state index in [4.69, 9.17) is 16.6 Å². The van der Waals surface area contributed by atoms with Crippen molar-refractivity contribution in [1.29, 1.82) is 0 Å². The van der Waals surface area contributed by atoms with Crippen LogP contribution in [0.5, 0.6) is 0 Å². The third-order valence-corrected chi connectivity index (χ3v) is 9.87. The first-order chi connectivity index (χ1) is 23.8. The minimum atomic E-state index is -3.86. The Morgan fingerprint density at radius 2 is 1.40 bits per heavy atom. The molecule has 1 fully saturated rings. The average Bonchev–Trinajstić information content (AvgIpc) is 3.07. The molecule has 1 aliphatic rings. The van der Waals surface area contributed by atoms with Gasteiger partial charge in [0.05, 0.1) is 12.1 Å². The molecule has 2 aromatic rings. The first-order valence-corrected chi connectivity index (χ1v) is 19.3. The second kappa shape index (κ2) is 20.4. The summed E-state index contributed by atoms with van der Waals surface area (Å²) in [4.78, 5) is 56.8. The van der Waals surface area contributed by atoms with Crippen molar-refractivity contribution in [1.82, 2.24) is 14.9 Å². The van der Waals surface area contributed by atoms with Crippen LogP contribution in [0.1, 0.15) is 76.3 Å². The van der Waals surface area contributed by atoms with Gasteiger partial charge in [0.1, 0.15) is 0 Å². The van der Waals surface area contributed by atoms with Gasteiger partial charge in [-0.1, -0.05) is 80.9 Å². The van der Waals surface area contributed by atoms with Crippen LogP contribution in [-0.2, 0) is 42.2 Å². The number of benzene rings is 2. The number of carbonyl (C=O) groups excluding carboxylic acids is 4. The van der Waals surface area contributed by atoms with Gasteiger partial charge in [-0.25, -0.2) is 5.14 Å². The maximum Gasteiger partial charge on any atom is 0.274 e. The number of hydrogen-bond donors (Lipinski definition) is 5. The summed E-state index contributed by atoms with van der Waals surface area (Å²) >= 11 is 0. The number of Topliss-reactive ketones (excluding diaryl/α,β-unsaturated/α-hetero) is 2. The predicted molar refractivity (Wildman–Crippen MR) is 195 cm³/mol. The fourth-order valence-electron chi connectivity index (χ4n) is 6.51. The van der Waals surface area contributed by atoms with E-state index in [2.05, 4.69) is 10.0 Å². The Bertz CT molecular complexity index is 1480. The number of nitrogens with zero attached hydrogens (tertiary/aromatic N) is 1. The largest absolute Gasteiger partial charge is 0.346 e. The normalized spacial score (nSPS) is 16.4. The van der Waals surface area contributed by atoms with E-state index >= 15 is 0 Å². The van der Waals surface area contributed by atoms with Gasteiger partial charge in [-0.2, -0.15) is 13.1 Å². The zero-order valence-electron chi connectivity index (χ0n) is 29.5. The minimum absolute atomic E-state index is 0.0549. The summed E-state index contributed by atoms with van der Waals surface area (Å²) in [7, 11) is -3.86. The molecule has 4 atom stereocenters. The van der Waals surface area contributed by atoms with E-state index in [0.717, 1.165) is 11.1 Å². The van der Waals surface area contributed by atoms with Crippen LogP contribution in [0.3, 0.4) is 0 Å². The van der Waals surface area contributed by atoms with Crippen LogP contribution in [0.2, 0.25) is 0 Å². The van der Waals surface area contributed by atoms with Crippen LogP contribution >= 0.6 is 0 Å². The number of piperidine rings is 1. The third kappa shape index (κ3) is 14.4. The zero-order valence-corrected chi connectivity index (χ0v) is 30.3. The van der Waals surface area contributed by atoms with Gasteiger partial charge < -0.3 is 21.7 Å². The Balaban J connectivity index is 1.75. The van der Waals surface area contributed by atoms with E-state index in [1.165, 1.54) is 0 Å². The monoisotopic (exact) mass is 712 g/mol. The second-order valence-corrected chi connectivity index (χ2v) is 15.3. The van der Waals surface area contributed by atoms with Gasteiger partial charge in [-0.15, -0.1) is 0 Å². The van der Waals surface area contributed by atoms with Crippen molar-refractivity contribution in [3.63, 3.8) is 0 Å². The van der Waals surface area contributed by atoms with Gasteiger partial charge >= 0.3 is 0 Å². The highest BCUT2D eigenvalue weighted by molar-refractivity contribution is 7.87. The van der Waals surface area contributed by atoms with Gasteiger partial charge in [-0.05, 0) is 68.5 Å². The Labute approximate surface area is 297 Å². The molecular formula is C37H56N6O6S. The topological polar surface area (TPSA) is 208 Å². The van der Waals surface area contributed by atoms with Gasteiger partial charge in [0.25, 0.3) is 10.2 Å². The maximum atomic E-state index is 14.0. The smallest absolute Gasteiger partial charge is 0.274 e. The number of nitrogens with one attached hydrogen (secondary N) is 2. The van der Waals surface area contributed by atoms with Crippen molar-refractivity contribution in [2.45, 2.75) is 96.2 Å². The van der Waals surface area contributed by atoms with Crippen LogP contribution in [0.15, 0.2) is 60.7 Å². The van der Waals surface area contributed by atoms with Gasteiger partial charge in [0, 0.05) is 43.8 Å². The molecule has 12 nitrogen and oxygen atoms in total. The van der Waals surface area contributed by atoms with E-state index in [1.54, 1.807) is 4.90 Å². The zero-order chi connectivity index (χ0) is 36.7. The lowest BCUT2D eigenvalue weighted by Crippen LogP contribution is -2.50. The molecule has 0 aromatic heterocycles. The Hall–Kier alpha value is -3.49. The van der Waals surface area contributed by atoms with Crippen molar-refractivity contribution in [3.8, 4) is 0 Å². The summed E-state index contributed by atoms with van der Waals surface area (Å²) in [6.45, 7) is 5.05. The van der Waals surface area contributed by atoms with Crippen molar-refractivity contribution < 1.29 is 27.6 Å². The Morgan fingerprint density at radius 3 is 1.94 bits per heavy atom. The number of rotatable bonds is 21. The highest BCUT2D eigenvalue weighted by Gasteiger charge is 2.34. The van der Waals surface area contributed by atoms with Crippen molar-refractivity contribution in [2.24, 2.45) is 34.4 Å². The molecule has 8 N–H and O–H groups in total. The first-order valence-electron chi connectivity index (χ1n) is 17.7. The fourth-order valence-corrected chi connectivity index (χ4v) is 7.21. The quantitative estimate of drug-likeness (QED) is 0.121. The van der Waals surface area contributed by atoms with Crippen molar-refractivity contribution >= 4 is 33.6 Å². The maximum absolute atomic E-state index is 14.0. The molecule has 0 radical (unpaired) electrons. The van der Waals surface area contributed by atoms with Crippen molar-refractivity contribution in [2.75, 3.05) is 19.6 Å².